The number of esters is 1. The Kier molecular flexibility index (Phi) is 3.69. The van der Waals surface area contributed by atoms with E-state index in [1.807, 2.05) is 30.7 Å². The van der Waals surface area contributed by atoms with Crippen molar-refractivity contribution in [2.45, 2.75) is 6.92 Å². The highest BCUT2D eigenvalue weighted by molar-refractivity contribution is 5.96. The lowest BCUT2D eigenvalue weighted by Gasteiger charge is -2.14. The lowest BCUT2D eigenvalue weighted by atomic mass is 10.1. The van der Waals surface area contributed by atoms with Crippen molar-refractivity contribution in [3.63, 3.8) is 0 Å². The van der Waals surface area contributed by atoms with Gasteiger partial charge in [-0.2, -0.15) is 5.10 Å². The van der Waals surface area contributed by atoms with E-state index < -0.39 is 11.5 Å². The molecule has 0 amide bonds. The summed E-state index contributed by atoms with van der Waals surface area (Å²) in [6.07, 6.45) is 3.11. The zero-order chi connectivity index (χ0) is 19.3. The van der Waals surface area contributed by atoms with Gasteiger partial charge in [0.2, 0.25) is 0 Å². The number of aromatic amines is 1. The minimum atomic E-state index is -0.604. The number of aryl methyl sites for hydroxylation is 2. The molecule has 0 aliphatic carbocycles. The van der Waals surface area contributed by atoms with Crippen LogP contribution in [0.5, 0.6) is 0 Å². The van der Waals surface area contributed by atoms with Gasteiger partial charge in [0.25, 0.3) is 5.56 Å². The van der Waals surface area contributed by atoms with E-state index in [0.717, 1.165) is 11.2 Å². The van der Waals surface area contributed by atoms with E-state index in [1.165, 1.54) is 13.3 Å². The van der Waals surface area contributed by atoms with Crippen LogP contribution in [0.25, 0.3) is 27.8 Å². The van der Waals surface area contributed by atoms with Crippen molar-refractivity contribution in [3.05, 3.63) is 68.5 Å². The number of fused-ring (bicyclic) bond motifs is 2. The maximum atomic E-state index is 12.4. The number of hydrogen-bond acceptors (Lipinski definition) is 5. The largest absolute Gasteiger partial charge is 0.465 e. The molecule has 1 N–H and O–H groups in total. The zero-order valence-corrected chi connectivity index (χ0v) is 14.9. The van der Waals surface area contributed by atoms with Gasteiger partial charge in [0.05, 0.1) is 18.2 Å². The summed E-state index contributed by atoms with van der Waals surface area (Å²) < 4.78 is 8.35. The molecule has 0 saturated heterocycles. The average Bonchev–Trinajstić information content (AvgIpc) is 3.05. The molecule has 0 fully saturated rings. The molecule has 0 spiro atoms. The van der Waals surface area contributed by atoms with Gasteiger partial charge in [0.15, 0.2) is 5.43 Å². The summed E-state index contributed by atoms with van der Waals surface area (Å²) in [4.78, 5) is 36.6. The topological polar surface area (TPSA) is 99.0 Å². The number of nitrogens with zero attached hydrogens (tertiary/aromatic N) is 3. The van der Waals surface area contributed by atoms with E-state index in [-0.39, 0.29) is 22.2 Å². The Balaban J connectivity index is 2.01. The maximum absolute atomic E-state index is 12.4. The predicted octanol–water partition coefficient (Wildman–Crippen LogP) is 1.61. The van der Waals surface area contributed by atoms with Crippen molar-refractivity contribution in [3.8, 4) is 16.9 Å². The van der Waals surface area contributed by atoms with Crippen molar-refractivity contribution in [1.82, 2.24) is 19.3 Å². The number of pyridine rings is 2. The summed E-state index contributed by atoms with van der Waals surface area (Å²) >= 11 is 0. The molecule has 2 aliphatic rings. The number of methoxy groups -OCH3 is 1. The van der Waals surface area contributed by atoms with Crippen molar-refractivity contribution in [2.75, 3.05) is 7.11 Å². The third kappa shape index (κ3) is 2.53. The maximum Gasteiger partial charge on any atom is 0.341 e. The summed E-state index contributed by atoms with van der Waals surface area (Å²) in [7, 11) is 3.15. The minimum absolute atomic E-state index is 0.0925. The fraction of sp³-hybridized carbons (Fsp3) is 0.158. The first-order chi connectivity index (χ1) is 12.9. The Morgan fingerprint density at radius 2 is 1.96 bits per heavy atom. The standard InChI is InChI=1S/C19H16N4O4/c1-10-6-16(24)12-7-11(4-5-15(12)22(10)2)23-8-13-17(20-21-18(13)25)14(9-23)19(26)27-3/h4-9H,1-3H3,(H,21,25). The molecule has 27 heavy (non-hydrogen) atoms. The van der Waals surface area contributed by atoms with Crippen molar-refractivity contribution >= 4 is 16.9 Å². The van der Waals surface area contributed by atoms with Gasteiger partial charge in [-0.1, -0.05) is 0 Å². The van der Waals surface area contributed by atoms with Gasteiger partial charge in [-0.05, 0) is 25.1 Å². The second-order valence-electron chi connectivity index (χ2n) is 6.30. The summed E-state index contributed by atoms with van der Waals surface area (Å²) in [5.41, 5.74) is 2.46. The molecule has 0 atom stereocenters. The number of carbonyl (C=O) groups is 1. The zero-order valence-electron chi connectivity index (χ0n) is 14.9. The Morgan fingerprint density at radius 1 is 1.19 bits per heavy atom. The summed E-state index contributed by atoms with van der Waals surface area (Å²) in [6.45, 7) is 1.87. The van der Waals surface area contributed by atoms with Crippen LogP contribution in [-0.4, -0.2) is 32.4 Å². The molecule has 2 aliphatic heterocycles. The number of nitrogens with one attached hydrogen (secondary N) is 1. The smallest absolute Gasteiger partial charge is 0.341 e. The molecule has 0 unspecified atom stereocenters. The molecule has 8 heteroatoms. The first kappa shape index (κ1) is 16.8. The van der Waals surface area contributed by atoms with E-state index in [1.54, 1.807) is 22.9 Å². The molecule has 1 aromatic carbocycles. The highest BCUT2D eigenvalue weighted by Crippen LogP contribution is 2.24. The second-order valence-corrected chi connectivity index (χ2v) is 6.30. The monoisotopic (exact) mass is 364 g/mol. The number of aromatic nitrogens is 4. The Bertz CT molecular complexity index is 1300. The number of rotatable bonds is 2. The van der Waals surface area contributed by atoms with Crippen LogP contribution < -0.4 is 11.0 Å². The van der Waals surface area contributed by atoms with Crippen molar-refractivity contribution in [1.29, 1.82) is 0 Å². The number of carbonyl (C=O) groups excluding carboxylic acids is 1. The molecule has 1 aromatic heterocycles. The number of H-pyrrole nitrogens is 1. The van der Waals surface area contributed by atoms with Crippen molar-refractivity contribution in [2.24, 2.45) is 7.05 Å². The molecule has 0 radical (unpaired) electrons. The highest BCUT2D eigenvalue weighted by Gasteiger charge is 2.22. The third-order valence-electron chi connectivity index (χ3n) is 4.74. The van der Waals surface area contributed by atoms with Gasteiger partial charge in [-0.3, -0.25) is 9.59 Å². The molecule has 4 rings (SSSR count). The predicted molar refractivity (Wildman–Crippen MR) is 99.6 cm³/mol. The highest BCUT2D eigenvalue weighted by atomic mass is 16.5. The third-order valence-corrected chi connectivity index (χ3v) is 4.74. The fourth-order valence-corrected chi connectivity index (χ4v) is 3.17. The Hall–Kier alpha value is -3.68. The van der Waals surface area contributed by atoms with Gasteiger partial charge in [0, 0.05) is 42.3 Å². The lowest BCUT2D eigenvalue weighted by molar-refractivity contribution is 0.0600. The molecule has 2 aromatic rings. The van der Waals surface area contributed by atoms with Crippen molar-refractivity contribution < 1.29 is 9.53 Å². The van der Waals surface area contributed by atoms with E-state index in [4.69, 9.17) is 4.74 Å². The summed E-state index contributed by atoms with van der Waals surface area (Å²) in [5, 5.41) is 6.79. The average molecular weight is 364 g/mol. The normalized spacial score (nSPS) is 11.2. The fourth-order valence-electron chi connectivity index (χ4n) is 3.17. The van der Waals surface area contributed by atoms with Crippen LogP contribution in [0, 0.1) is 6.92 Å². The van der Waals surface area contributed by atoms with Gasteiger partial charge in [-0.15, -0.1) is 0 Å². The van der Waals surface area contributed by atoms with Crippen LogP contribution in [0.2, 0.25) is 0 Å². The van der Waals surface area contributed by atoms with Crippen LogP contribution in [0.1, 0.15) is 16.1 Å². The minimum Gasteiger partial charge on any atom is -0.465 e. The lowest BCUT2D eigenvalue weighted by Crippen LogP contribution is -2.12. The molecule has 8 nitrogen and oxygen atoms in total. The van der Waals surface area contributed by atoms with Gasteiger partial charge >= 0.3 is 5.97 Å². The van der Waals surface area contributed by atoms with Gasteiger partial charge in [-0.25, -0.2) is 9.89 Å². The number of hydrogen-bond donors (Lipinski definition) is 1. The molecule has 0 bridgehead atoms. The van der Waals surface area contributed by atoms with Gasteiger partial charge in [0.1, 0.15) is 11.3 Å². The van der Waals surface area contributed by atoms with E-state index in [2.05, 4.69) is 10.2 Å². The Morgan fingerprint density at radius 3 is 2.70 bits per heavy atom. The second kappa shape index (κ2) is 5.94. The number of ether oxygens (including phenoxy) is 1. The molecular weight excluding hydrogens is 348 g/mol. The first-order valence-electron chi connectivity index (χ1n) is 8.20. The van der Waals surface area contributed by atoms with Crippen LogP contribution in [0.15, 0.2) is 46.2 Å². The molecule has 0 saturated carbocycles. The van der Waals surface area contributed by atoms with Crippen LogP contribution in [0.4, 0.5) is 0 Å². The molecular formula is C19H16N4O4. The number of benzene rings is 1. The van der Waals surface area contributed by atoms with Gasteiger partial charge < -0.3 is 13.9 Å². The Labute approximate surface area is 153 Å². The molecule has 3 heterocycles. The van der Waals surface area contributed by atoms with Crippen LogP contribution >= 0.6 is 0 Å². The SMILES string of the molecule is COC(=O)c1cn(-c2ccc3c(c2)c(=O)cc(C)n3C)cc2c(=O)[nH]nc1-2. The van der Waals surface area contributed by atoms with E-state index in [0.29, 0.717) is 11.1 Å². The summed E-state index contributed by atoms with van der Waals surface area (Å²) in [5.74, 6) is -0.604. The van der Waals surface area contributed by atoms with E-state index in [9.17, 15) is 14.4 Å². The quantitative estimate of drug-likeness (QED) is 0.545. The summed E-state index contributed by atoms with van der Waals surface area (Å²) in [6, 6.07) is 6.96. The van der Waals surface area contributed by atoms with Crippen LogP contribution in [0.3, 0.4) is 0 Å². The van der Waals surface area contributed by atoms with Crippen LogP contribution in [-0.2, 0) is 11.8 Å². The van der Waals surface area contributed by atoms with E-state index >= 15 is 0 Å². The first-order valence-corrected chi connectivity index (χ1v) is 8.20. The molecule has 136 valence electrons.